The quantitative estimate of drug-likeness (QED) is 0.327. The average Bonchev–Trinajstić information content (AvgIpc) is 3.19. The molecular formula is C21H18BrN5O2S. The molecule has 7 nitrogen and oxygen atoms in total. The maximum atomic E-state index is 13.0. The molecule has 0 aliphatic heterocycles. The molecule has 9 heteroatoms. The summed E-state index contributed by atoms with van der Waals surface area (Å²) in [6, 6.07) is 13.1. The van der Waals surface area contributed by atoms with E-state index in [2.05, 4.69) is 36.4 Å². The number of nitrogens with one attached hydrogen (secondary N) is 2. The molecule has 0 spiro atoms. The number of carbonyl (C=O) groups excluding carboxylic acids is 1. The number of halogens is 1. The maximum absolute atomic E-state index is 13.0. The van der Waals surface area contributed by atoms with Gasteiger partial charge >= 0.3 is 0 Å². The van der Waals surface area contributed by atoms with Crippen molar-refractivity contribution in [1.29, 1.82) is 0 Å². The smallest absolute Gasteiger partial charge is 0.269 e. The molecule has 30 heavy (non-hydrogen) atoms. The summed E-state index contributed by atoms with van der Waals surface area (Å²) in [6.45, 7) is 4.02. The molecule has 0 fully saturated rings. The van der Waals surface area contributed by atoms with Crippen molar-refractivity contribution < 1.29 is 4.79 Å². The van der Waals surface area contributed by atoms with E-state index >= 15 is 0 Å². The van der Waals surface area contributed by atoms with Crippen LogP contribution in [0.2, 0.25) is 0 Å². The van der Waals surface area contributed by atoms with Gasteiger partial charge in [0.05, 0.1) is 17.6 Å². The second-order valence-corrected chi connectivity index (χ2v) is 8.64. The number of fused-ring (bicyclic) bond motifs is 1. The number of aromatic amines is 1. The molecule has 0 unspecified atom stereocenters. The van der Waals surface area contributed by atoms with Gasteiger partial charge in [-0.1, -0.05) is 33.8 Å². The predicted molar refractivity (Wildman–Crippen MR) is 122 cm³/mol. The van der Waals surface area contributed by atoms with E-state index in [1.54, 1.807) is 0 Å². The molecule has 152 valence electrons. The second-order valence-electron chi connectivity index (χ2n) is 6.78. The molecular weight excluding hydrogens is 466 g/mol. The molecule has 2 aromatic carbocycles. The Balaban J connectivity index is 1.62. The molecule has 0 aliphatic carbocycles. The minimum absolute atomic E-state index is 0.107. The Kier molecular flexibility index (Phi) is 5.74. The summed E-state index contributed by atoms with van der Waals surface area (Å²) in [5.41, 5.74) is 3.83. The molecule has 0 radical (unpaired) electrons. The van der Waals surface area contributed by atoms with Gasteiger partial charge in [0.25, 0.3) is 5.56 Å². The lowest BCUT2D eigenvalue weighted by molar-refractivity contribution is -0.113. The molecule has 2 N–H and O–H groups in total. The third-order valence-electron chi connectivity index (χ3n) is 4.66. The highest BCUT2D eigenvalue weighted by Gasteiger charge is 2.16. The van der Waals surface area contributed by atoms with Crippen LogP contribution in [0, 0.1) is 13.8 Å². The molecule has 1 amide bonds. The van der Waals surface area contributed by atoms with Crippen molar-refractivity contribution in [2.24, 2.45) is 0 Å². The summed E-state index contributed by atoms with van der Waals surface area (Å²) in [5, 5.41) is 10.3. The number of aryl methyl sites for hydroxylation is 2. The molecule has 0 saturated heterocycles. The third kappa shape index (κ3) is 4.17. The SMILES string of the molecule is Cc1ccc(NC(=O)CSc2nc3[nH]ncc3c(=O)n2-c2ccc(Br)cc2)cc1C. The first-order chi connectivity index (χ1) is 14.4. The standard InChI is InChI=1S/C21H18BrN5O2S/c1-12-3-6-15(9-13(12)2)24-18(28)11-30-21-25-19-17(10-23-26-19)20(29)27(21)16-7-4-14(22)5-8-16/h3-10H,11H2,1-2H3,(H,23,26)(H,24,28). The van der Waals surface area contributed by atoms with Crippen molar-refractivity contribution in [2.45, 2.75) is 19.0 Å². The molecule has 0 saturated carbocycles. The summed E-state index contributed by atoms with van der Waals surface area (Å²) in [6.07, 6.45) is 1.46. The zero-order chi connectivity index (χ0) is 21.3. The number of hydrogen-bond donors (Lipinski definition) is 2. The van der Waals surface area contributed by atoms with Gasteiger partial charge in [0.2, 0.25) is 5.91 Å². The minimum Gasteiger partial charge on any atom is -0.325 e. The highest BCUT2D eigenvalue weighted by Crippen LogP contribution is 2.22. The Morgan fingerprint density at radius 3 is 2.67 bits per heavy atom. The van der Waals surface area contributed by atoms with E-state index in [0.717, 1.165) is 21.3 Å². The summed E-state index contributed by atoms with van der Waals surface area (Å²) in [4.78, 5) is 30.1. The highest BCUT2D eigenvalue weighted by molar-refractivity contribution is 9.10. The van der Waals surface area contributed by atoms with E-state index in [1.165, 1.54) is 22.5 Å². The number of thioether (sulfide) groups is 1. The summed E-state index contributed by atoms with van der Waals surface area (Å²) in [7, 11) is 0. The Morgan fingerprint density at radius 2 is 1.93 bits per heavy atom. The number of carbonyl (C=O) groups is 1. The molecule has 0 aliphatic rings. The van der Waals surface area contributed by atoms with Crippen LogP contribution in [-0.4, -0.2) is 31.4 Å². The average molecular weight is 484 g/mol. The number of rotatable bonds is 5. The number of amides is 1. The number of H-pyrrole nitrogens is 1. The molecule has 0 bridgehead atoms. The van der Waals surface area contributed by atoms with E-state index < -0.39 is 0 Å². The lowest BCUT2D eigenvalue weighted by Gasteiger charge is -2.12. The first kappa shape index (κ1) is 20.4. The third-order valence-corrected chi connectivity index (χ3v) is 6.13. The van der Waals surface area contributed by atoms with Crippen molar-refractivity contribution in [1.82, 2.24) is 19.7 Å². The first-order valence-electron chi connectivity index (χ1n) is 9.14. The molecule has 2 aromatic heterocycles. The molecule has 0 atom stereocenters. The van der Waals surface area contributed by atoms with Gasteiger partial charge in [0.1, 0.15) is 5.39 Å². The number of hydrogen-bond acceptors (Lipinski definition) is 5. The van der Waals surface area contributed by atoms with Gasteiger partial charge in [-0.25, -0.2) is 4.98 Å². The van der Waals surface area contributed by atoms with Crippen LogP contribution in [-0.2, 0) is 4.79 Å². The number of aromatic nitrogens is 4. The minimum atomic E-state index is -0.242. The lowest BCUT2D eigenvalue weighted by atomic mass is 10.1. The van der Waals surface area contributed by atoms with Crippen molar-refractivity contribution >= 4 is 50.3 Å². The van der Waals surface area contributed by atoms with Crippen molar-refractivity contribution in [3.05, 3.63) is 74.6 Å². The number of nitrogens with zero attached hydrogens (tertiary/aromatic N) is 3. The lowest BCUT2D eigenvalue weighted by Crippen LogP contribution is -2.22. The van der Waals surface area contributed by atoms with Gasteiger partial charge < -0.3 is 5.32 Å². The monoisotopic (exact) mass is 483 g/mol. The van der Waals surface area contributed by atoms with Crippen LogP contribution in [0.5, 0.6) is 0 Å². The van der Waals surface area contributed by atoms with Crippen LogP contribution in [0.25, 0.3) is 16.7 Å². The first-order valence-corrected chi connectivity index (χ1v) is 10.9. The van der Waals surface area contributed by atoms with Crippen molar-refractivity contribution in [3.8, 4) is 5.69 Å². The van der Waals surface area contributed by atoms with Crippen LogP contribution < -0.4 is 10.9 Å². The second kappa shape index (κ2) is 8.45. The molecule has 4 rings (SSSR count). The molecule has 4 aromatic rings. The Morgan fingerprint density at radius 1 is 1.17 bits per heavy atom. The van der Waals surface area contributed by atoms with E-state index in [1.807, 2.05) is 56.3 Å². The van der Waals surface area contributed by atoms with Gasteiger partial charge in [-0.15, -0.1) is 0 Å². The van der Waals surface area contributed by atoms with Crippen LogP contribution in [0.1, 0.15) is 11.1 Å². The highest BCUT2D eigenvalue weighted by atomic mass is 79.9. The Bertz CT molecular complexity index is 1300. The normalized spacial score (nSPS) is 11.0. The maximum Gasteiger partial charge on any atom is 0.269 e. The zero-order valence-electron chi connectivity index (χ0n) is 16.3. The fraction of sp³-hybridized carbons (Fsp3) is 0.143. The largest absolute Gasteiger partial charge is 0.325 e. The summed E-state index contributed by atoms with van der Waals surface area (Å²) >= 11 is 4.60. The van der Waals surface area contributed by atoms with E-state index in [0.29, 0.717) is 21.9 Å². The Labute approximate surface area is 185 Å². The van der Waals surface area contributed by atoms with E-state index in [4.69, 9.17) is 0 Å². The van der Waals surface area contributed by atoms with Crippen LogP contribution in [0.15, 0.2) is 63.1 Å². The van der Waals surface area contributed by atoms with E-state index in [9.17, 15) is 9.59 Å². The van der Waals surface area contributed by atoms with Crippen molar-refractivity contribution in [2.75, 3.05) is 11.1 Å². The van der Waals surface area contributed by atoms with Gasteiger partial charge in [0, 0.05) is 10.2 Å². The summed E-state index contributed by atoms with van der Waals surface area (Å²) in [5.74, 6) is -0.0696. The van der Waals surface area contributed by atoms with Crippen LogP contribution in [0.4, 0.5) is 5.69 Å². The van der Waals surface area contributed by atoms with Crippen LogP contribution in [0.3, 0.4) is 0 Å². The summed E-state index contributed by atoms with van der Waals surface area (Å²) < 4.78 is 2.40. The topological polar surface area (TPSA) is 92.7 Å². The van der Waals surface area contributed by atoms with Gasteiger partial charge in [-0.05, 0) is 61.4 Å². The van der Waals surface area contributed by atoms with Gasteiger partial charge in [-0.3, -0.25) is 19.3 Å². The van der Waals surface area contributed by atoms with Gasteiger partial charge in [-0.2, -0.15) is 5.10 Å². The fourth-order valence-corrected chi connectivity index (χ4v) is 4.01. The van der Waals surface area contributed by atoms with E-state index in [-0.39, 0.29) is 17.2 Å². The van der Waals surface area contributed by atoms with Crippen LogP contribution >= 0.6 is 27.7 Å². The Hall–Kier alpha value is -2.91. The molecule has 2 heterocycles. The number of benzene rings is 2. The van der Waals surface area contributed by atoms with Gasteiger partial charge in [0.15, 0.2) is 10.8 Å². The van der Waals surface area contributed by atoms with Crippen molar-refractivity contribution in [3.63, 3.8) is 0 Å². The number of anilines is 1. The predicted octanol–water partition coefficient (Wildman–Crippen LogP) is 4.22. The zero-order valence-corrected chi connectivity index (χ0v) is 18.7. The fourth-order valence-electron chi connectivity index (χ4n) is 2.94.